The number of esters is 1. The van der Waals surface area contributed by atoms with Crippen LogP contribution in [0.2, 0.25) is 0 Å². The number of halogens is 1. The van der Waals surface area contributed by atoms with Gasteiger partial charge in [0, 0.05) is 11.5 Å². The lowest BCUT2D eigenvalue weighted by molar-refractivity contribution is -0.147. The zero-order valence-corrected chi connectivity index (χ0v) is 19.6. The summed E-state index contributed by atoms with van der Waals surface area (Å²) in [5.74, 6) is 0.232. The summed E-state index contributed by atoms with van der Waals surface area (Å²) >= 11 is 3.54. The van der Waals surface area contributed by atoms with Crippen molar-refractivity contribution in [2.45, 2.75) is 44.8 Å². The number of imidazole rings is 1. The number of aryl methyl sites for hydroxylation is 1. The molecular weight excluding hydrogens is 490 g/mol. The van der Waals surface area contributed by atoms with E-state index < -0.39 is 0 Å². The van der Waals surface area contributed by atoms with Gasteiger partial charge in [-0.3, -0.25) is 9.78 Å². The van der Waals surface area contributed by atoms with Crippen molar-refractivity contribution in [2.75, 3.05) is 0 Å². The maximum Gasteiger partial charge on any atom is 0.312 e. The highest BCUT2D eigenvalue weighted by Gasteiger charge is 2.21. The van der Waals surface area contributed by atoms with E-state index in [9.17, 15) is 4.79 Å². The number of rotatable bonds is 7. The lowest BCUT2D eigenvalue weighted by atomic mass is 10.2. The second kappa shape index (κ2) is 9.26. The molecule has 0 bridgehead atoms. The highest BCUT2D eigenvalue weighted by Crippen LogP contribution is 2.30. The molecule has 0 radical (unpaired) electrons. The Hall–Kier alpha value is -3.34. The Morgan fingerprint density at radius 1 is 1.12 bits per heavy atom. The lowest BCUT2D eigenvalue weighted by Gasteiger charge is -2.11. The van der Waals surface area contributed by atoms with Crippen LogP contribution in [-0.4, -0.2) is 46.8 Å². The molecular formula is C22H22BrN7O3. The summed E-state index contributed by atoms with van der Waals surface area (Å²) < 4.78 is 15.7. The summed E-state index contributed by atoms with van der Waals surface area (Å²) in [4.78, 5) is 21.5. The normalized spacial score (nSPS) is 14.1. The summed E-state index contributed by atoms with van der Waals surface area (Å²) in [5.41, 5.74) is 2.85. The van der Waals surface area contributed by atoms with Crippen molar-refractivity contribution >= 4 is 32.9 Å². The van der Waals surface area contributed by atoms with Gasteiger partial charge in [0.1, 0.15) is 18.2 Å². The average Bonchev–Trinajstić information content (AvgIpc) is 3.53. The number of pyridine rings is 1. The van der Waals surface area contributed by atoms with Crippen LogP contribution in [0.3, 0.4) is 0 Å². The quantitative estimate of drug-likeness (QED) is 0.347. The monoisotopic (exact) mass is 511 g/mol. The van der Waals surface area contributed by atoms with Gasteiger partial charge in [0.05, 0.1) is 23.3 Å². The first-order valence-corrected chi connectivity index (χ1v) is 11.5. The van der Waals surface area contributed by atoms with Crippen molar-refractivity contribution in [3.8, 4) is 12.0 Å². The summed E-state index contributed by atoms with van der Waals surface area (Å²) in [7, 11) is 1.75. The van der Waals surface area contributed by atoms with Crippen LogP contribution >= 0.6 is 15.9 Å². The van der Waals surface area contributed by atoms with Crippen LogP contribution in [0.5, 0.6) is 6.01 Å². The number of aromatic nitrogens is 7. The van der Waals surface area contributed by atoms with Crippen molar-refractivity contribution in [3.05, 3.63) is 52.3 Å². The van der Waals surface area contributed by atoms with Gasteiger partial charge in [0.25, 0.3) is 5.95 Å². The Bertz CT molecular complexity index is 1300. The molecule has 4 aromatic rings. The molecule has 170 valence electrons. The number of hydrogen-bond donors (Lipinski definition) is 0. The molecule has 1 saturated carbocycles. The van der Waals surface area contributed by atoms with Gasteiger partial charge in [-0.1, -0.05) is 17.2 Å². The van der Waals surface area contributed by atoms with Gasteiger partial charge in [-0.2, -0.15) is 4.98 Å². The van der Waals surface area contributed by atoms with Crippen LogP contribution in [0.1, 0.15) is 37.1 Å². The SMILES string of the molecule is Cn1nnnc1-n1c(OCc2cccc(CC(=O)OC3CCCC3)n2)nc2c(Br)cccc21. The molecule has 3 aromatic heterocycles. The third-order valence-corrected chi connectivity index (χ3v) is 6.18. The number of nitrogens with zero attached hydrogens (tertiary/aromatic N) is 7. The van der Waals surface area contributed by atoms with Gasteiger partial charge in [-0.05, 0) is 76.3 Å². The Balaban J connectivity index is 1.35. The number of carbonyl (C=O) groups excluding carboxylic acids is 1. The van der Waals surface area contributed by atoms with E-state index >= 15 is 0 Å². The highest BCUT2D eigenvalue weighted by molar-refractivity contribution is 9.10. The molecule has 0 atom stereocenters. The zero-order valence-electron chi connectivity index (χ0n) is 18.0. The molecule has 0 saturated heterocycles. The summed E-state index contributed by atoms with van der Waals surface area (Å²) in [6.45, 7) is 0.164. The highest BCUT2D eigenvalue weighted by atomic mass is 79.9. The van der Waals surface area contributed by atoms with Gasteiger partial charge in [0.15, 0.2) is 0 Å². The standard InChI is InChI=1S/C22H22BrN7O3/c1-29-21(26-27-28-29)30-18-11-5-10-17(23)20(18)25-22(30)32-13-15-7-4-6-14(24-15)12-19(31)33-16-8-2-3-9-16/h4-7,10-11,16H,2-3,8-9,12-13H2,1H3. The molecule has 1 aliphatic carbocycles. The second-order valence-corrected chi connectivity index (χ2v) is 8.78. The van der Waals surface area contributed by atoms with E-state index in [-0.39, 0.29) is 25.1 Å². The molecule has 3 heterocycles. The molecule has 1 fully saturated rings. The van der Waals surface area contributed by atoms with Gasteiger partial charge in [-0.15, -0.1) is 0 Å². The van der Waals surface area contributed by atoms with E-state index in [0.29, 0.717) is 23.3 Å². The van der Waals surface area contributed by atoms with Crippen molar-refractivity contribution in [2.24, 2.45) is 7.05 Å². The number of hydrogen-bond acceptors (Lipinski definition) is 8. The second-order valence-electron chi connectivity index (χ2n) is 7.92. The van der Waals surface area contributed by atoms with E-state index in [2.05, 4.69) is 41.4 Å². The number of para-hydroxylation sites is 1. The summed E-state index contributed by atoms with van der Waals surface area (Å²) in [5, 5.41) is 11.8. The van der Waals surface area contributed by atoms with Crippen LogP contribution < -0.4 is 4.74 Å². The van der Waals surface area contributed by atoms with E-state index in [4.69, 9.17) is 9.47 Å². The predicted molar refractivity (Wildman–Crippen MR) is 122 cm³/mol. The first-order valence-electron chi connectivity index (χ1n) is 10.8. The fourth-order valence-corrected chi connectivity index (χ4v) is 4.42. The van der Waals surface area contributed by atoms with Crippen molar-refractivity contribution in [1.29, 1.82) is 0 Å². The van der Waals surface area contributed by atoms with E-state index in [1.54, 1.807) is 16.3 Å². The summed E-state index contributed by atoms with van der Waals surface area (Å²) in [6, 6.07) is 11.6. The van der Waals surface area contributed by atoms with E-state index in [1.807, 2.05) is 36.4 Å². The minimum atomic E-state index is -0.242. The number of benzene rings is 1. The van der Waals surface area contributed by atoms with Crippen LogP contribution in [0.25, 0.3) is 17.0 Å². The van der Waals surface area contributed by atoms with Crippen molar-refractivity contribution < 1.29 is 14.3 Å². The van der Waals surface area contributed by atoms with Crippen LogP contribution in [0.4, 0.5) is 0 Å². The van der Waals surface area contributed by atoms with Crippen LogP contribution in [-0.2, 0) is 29.6 Å². The van der Waals surface area contributed by atoms with Gasteiger partial charge in [-0.25, -0.2) is 9.25 Å². The Morgan fingerprint density at radius 2 is 1.91 bits per heavy atom. The fraction of sp³-hybridized carbons (Fsp3) is 0.364. The maximum absolute atomic E-state index is 12.3. The molecule has 10 nitrogen and oxygen atoms in total. The predicted octanol–water partition coefficient (Wildman–Crippen LogP) is 3.31. The van der Waals surface area contributed by atoms with Gasteiger partial charge >= 0.3 is 12.0 Å². The minimum absolute atomic E-state index is 0.0476. The van der Waals surface area contributed by atoms with Crippen LogP contribution in [0.15, 0.2) is 40.9 Å². The molecule has 1 aliphatic rings. The molecule has 33 heavy (non-hydrogen) atoms. The Morgan fingerprint density at radius 3 is 2.70 bits per heavy atom. The molecule has 0 amide bonds. The number of tetrazole rings is 1. The van der Waals surface area contributed by atoms with Crippen molar-refractivity contribution in [1.82, 2.24) is 34.7 Å². The molecule has 0 N–H and O–H groups in total. The molecule has 11 heteroatoms. The molecule has 1 aromatic carbocycles. The largest absolute Gasteiger partial charge is 0.462 e. The Kier molecular flexibility index (Phi) is 6.03. The van der Waals surface area contributed by atoms with Gasteiger partial charge < -0.3 is 9.47 Å². The fourth-order valence-electron chi connectivity index (χ4n) is 3.98. The molecule has 0 aliphatic heterocycles. The molecule has 0 spiro atoms. The molecule has 5 rings (SSSR count). The van der Waals surface area contributed by atoms with Crippen molar-refractivity contribution in [3.63, 3.8) is 0 Å². The van der Waals surface area contributed by atoms with E-state index in [1.165, 1.54) is 0 Å². The van der Waals surface area contributed by atoms with Crippen LogP contribution in [0, 0.1) is 0 Å². The third kappa shape index (κ3) is 4.58. The first kappa shape index (κ1) is 21.5. The van der Waals surface area contributed by atoms with E-state index in [0.717, 1.165) is 41.2 Å². The lowest BCUT2D eigenvalue weighted by Crippen LogP contribution is -2.17. The first-order chi connectivity index (χ1) is 16.1. The smallest absolute Gasteiger partial charge is 0.312 e. The summed E-state index contributed by atoms with van der Waals surface area (Å²) in [6.07, 6.45) is 4.33. The zero-order chi connectivity index (χ0) is 22.8. The average molecular weight is 512 g/mol. The molecule has 0 unspecified atom stereocenters. The maximum atomic E-state index is 12.3. The third-order valence-electron chi connectivity index (χ3n) is 5.54. The number of ether oxygens (including phenoxy) is 2. The number of fused-ring (bicyclic) bond motifs is 1. The number of carbonyl (C=O) groups is 1. The van der Waals surface area contributed by atoms with Gasteiger partial charge in [0.2, 0.25) is 0 Å². The minimum Gasteiger partial charge on any atom is -0.462 e. The topological polar surface area (TPSA) is 110 Å². The Labute approximate surface area is 198 Å².